The van der Waals surface area contributed by atoms with E-state index in [4.69, 9.17) is 9.47 Å². The van der Waals surface area contributed by atoms with Gasteiger partial charge in [0.15, 0.2) is 5.79 Å². The summed E-state index contributed by atoms with van der Waals surface area (Å²) in [5.41, 5.74) is -0.828. The summed E-state index contributed by atoms with van der Waals surface area (Å²) in [7, 11) is 0. The van der Waals surface area contributed by atoms with E-state index in [1.165, 1.54) is 5.06 Å². The molecule has 22 heavy (non-hydrogen) atoms. The van der Waals surface area contributed by atoms with E-state index in [2.05, 4.69) is 47.8 Å². The third kappa shape index (κ3) is 3.16. The molecule has 4 nitrogen and oxygen atoms in total. The Morgan fingerprint density at radius 3 is 2.00 bits per heavy atom. The van der Waals surface area contributed by atoms with E-state index in [-0.39, 0.29) is 5.92 Å². The summed E-state index contributed by atoms with van der Waals surface area (Å²) in [6.07, 6.45) is 5.69. The highest BCUT2D eigenvalue weighted by Gasteiger charge is 2.60. The quantitative estimate of drug-likeness (QED) is 0.540. The van der Waals surface area contributed by atoms with Gasteiger partial charge in [0, 0.05) is 17.9 Å². The van der Waals surface area contributed by atoms with Gasteiger partial charge in [-0.25, -0.2) is 0 Å². The minimum atomic E-state index is -0.753. The minimum Gasteiger partial charge on any atom is -0.345 e. The van der Waals surface area contributed by atoms with E-state index in [0.29, 0.717) is 19.6 Å². The van der Waals surface area contributed by atoms with Crippen LogP contribution >= 0.6 is 0 Å². The number of hydroxylamine groups is 2. The highest BCUT2D eigenvalue weighted by molar-refractivity contribution is 5.08. The van der Waals surface area contributed by atoms with Crippen LogP contribution < -0.4 is 0 Å². The van der Waals surface area contributed by atoms with Crippen molar-refractivity contribution in [1.82, 2.24) is 5.06 Å². The topological polar surface area (TPSA) is 41.9 Å². The lowest BCUT2D eigenvalue weighted by molar-refractivity contribution is -0.371. The normalized spacial score (nSPS) is 35.3. The number of rotatable bonds is 8. The Labute approximate surface area is 135 Å². The maximum Gasteiger partial charge on any atom is 0.175 e. The van der Waals surface area contributed by atoms with Crippen molar-refractivity contribution < 1.29 is 14.7 Å². The molecule has 0 aliphatic carbocycles. The van der Waals surface area contributed by atoms with Gasteiger partial charge in [-0.15, -0.1) is 13.2 Å². The summed E-state index contributed by atoms with van der Waals surface area (Å²) >= 11 is 0. The predicted octanol–water partition coefficient (Wildman–Crippen LogP) is 4.16. The minimum absolute atomic E-state index is 0.00507. The SMILES string of the molecule is C=CCOC1(OCC=C)CC(C)(CC)N(O)C(C)(CC)C1C. The smallest absolute Gasteiger partial charge is 0.175 e. The molecule has 0 spiro atoms. The van der Waals surface area contributed by atoms with Crippen molar-refractivity contribution in [1.29, 1.82) is 0 Å². The first-order valence-electron chi connectivity index (χ1n) is 8.25. The first-order valence-corrected chi connectivity index (χ1v) is 8.25. The Hall–Kier alpha value is -0.680. The lowest BCUT2D eigenvalue weighted by Gasteiger charge is -2.61. The monoisotopic (exact) mass is 311 g/mol. The molecule has 0 saturated carbocycles. The van der Waals surface area contributed by atoms with Crippen LogP contribution in [0.1, 0.15) is 53.9 Å². The van der Waals surface area contributed by atoms with Crippen LogP contribution in [0.3, 0.4) is 0 Å². The largest absolute Gasteiger partial charge is 0.345 e. The Morgan fingerprint density at radius 1 is 1.14 bits per heavy atom. The molecule has 3 atom stereocenters. The molecule has 0 aromatic carbocycles. The molecule has 0 radical (unpaired) electrons. The second kappa shape index (κ2) is 7.26. The van der Waals surface area contributed by atoms with Gasteiger partial charge in [-0.2, -0.15) is 5.06 Å². The molecule has 4 heteroatoms. The van der Waals surface area contributed by atoms with Crippen LogP contribution in [0.25, 0.3) is 0 Å². The summed E-state index contributed by atoms with van der Waals surface area (Å²) in [4.78, 5) is 0. The first kappa shape index (κ1) is 19.4. The van der Waals surface area contributed by atoms with Crippen molar-refractivity contribution >= 4 is 0 Å². The molecular formula is C18H33NO3. The van der Waals surface area contributed by atoms with Crippen LogP contribution in [0, 0.1) is 5.92 Å². The van der Waals surface area contributed by atoms with Gasteiger partial charge < -0.3 is 14.7 Å². The molecule has 1 saturated heterocycles. The van der Waals surface area contributed by atoms with Gasteiger partial charge >= 0.3 is 0 Å². The highest BCUT2D eigenvalue weighted by atomic mass is 16.7. The maximum atomic E-state index is 10.9. The average Bonchev–Trinajstić information content (AvgIpc) is 2.54. The van der Waals surface area contributed by atoms with E-state index in [0.717, 1.165) is 12.8 Å². The van der Waals surface area contributed by atoms with Gasteiger partial charge in [0.2, 0.25) is 0 Å². The third-order valence-electron chi connectivity index (χ3n) is 5.58. The molecule has 1 rings (SSSR count). The van der Waals surface area contributed by atoms with E-state index in [1.807, 2.05) is 0 Å². The summed E-state index contributed by atoms with van der Waals surface area (Å²) in [5.74, 6) is -0.758. The van der Waals surface area contributed by atoms with Gasteiger partial charge in [0.05, 0.1) is 18.8 Å². The fourth-order valence-electron chi connectivity index (χ4n) is 3.56. The molecule has 1 heterocycles. The molecule has 0 aromatic heterocycles. The van der Waals surface area contributed by atoms with Gasteiger partial charge in [-0.05, 0) is 26.7 Å². The molecule has 3 unspecified atom stereocenters. The molecular weight excluding hydrogens is 278 g/mol. The molecule has 1 aliphatic rings. The van der Waals surface area contributed by atoms with Gasteiger partial charge in [-0.1, -0.05) is 32.9 Å². The van der Waals surface area contributed by atoms with Crippen molar-refractivity contribution in [2.75, 3.05) is 13.2 Å². The predicted molar refractivity (Wildman–Crippen MR) is 89.8 cm³/mol. The van der Waals surface area contributed by atoms with E-state index in [9.17, 15) is 5.21 Å². The maximum absolute atomic E-state index is 10.9. The highest BCUT2D eigenvalue weighted by Crippen LogP contribution is 2.51. The molecule has 128 valence electrons. The van der Waals surface area contributed by atoms with Crippen molar-refractivity contribution in [2.45, 2.75) is 70.7 Å². The van der Waals surface area contributed by atoms with E-state index < -0.39 is 16.9 Å². The number of hydrogen-bond donors (Lipinski definition) is 1. The summed E-state index contributed by atoms with van der Waals surface area (Å²) < 4.78 is 12.3. The lowest BCUT2D eigenvalue weighted by Crippen LogP contribution is -2.71. The van der Waals surface area contributed by atoms with Crippen molar-refractivity contribution in [3.05, 3.63) is 25.3 Å². The Morgan fingerprint density at radius 2 is 1.64 bits per heavy atom. The zero-order valence-electron chi connectivity index (χ0n) is 14.9. The molecule has 1 aliphatic heterocycles. The average molecular weight is 311 g/mol. The summed E-state index contributed by atoms with van der Waals surface area (Å²) in [6, 6.07) is 0. The zero-order valence-corrected chi connectivity index (χ0v) is 14.9. The number of nitrogens with zero attached hydrogens (tertiary/aromatic N) is 1. The van der Waals surface area contributed by atoms with Crippen LogP contribution in [0.2, 0.25) is 0 Å². The van der Waals surface area contributed by atoms with E-state index >= 15 is 0 Å². The molecule has 1 N–H and O–H groups in total. The molecule has 1 fully saturated rings. The fourth-order valence-corrected chi connectivity index (χ4v) is 3.56. The third-order valence-corrected chi connectivity index (χ3v) is 5.58. The summed E-state index contributed by atoms with van der Waals surface area (Å²) in [5, 5.41) is 12.4. The molecule has 0 amide bonds. The summed E-state index contributed by atoms with van der Waals surface area (Å²) in [6.45, 7) is 18.8. The molecule has 0 aromatic rings. The standard InChI is InChI=1S/C18H33NO3/c1-8-12-21-18(22-13-9-2)14-16(6,10-3)19(20)17(7,11-4)15(18)5/h8-9,15,20H,1-2,10-14H2,3-7H3. The first-order chi connectivity index (χ1) is 10.3. The number of ether oxygens (including phenoxy) is 2. The van der Waals surface area contributed by atoms with Crippen LogP contribution in [0.5, 0.6) is 0 Å². The van der Waals surface area contributed by atoms with Crippen LogP contribution in [0.4, 0.5) is 0 Å². The number of hydrogen-bond acceptors (Lipinski definition) is 4. The second-order valence-corrected chi connectivity index (χ2v) is 6.78. The second-order valence-electron chi connectivity index (χ2n) is 6.78. The van der Waals surface area contributed by atoms with Gasteiger partial charge in [-0.3, -0.25) is 0 Å². The van der Waals surface area contributed by atoms with E-state index in [1.54, 1.807) is 12.2 Å². The lowest BCUT2D eigenvalue weighted by atomic mass is 9.67. The number of piperidine rings is 1. The molecule has 0 bridgehead atoms. The van der Waals surface area contributed by atoms with Crippen LogP contribution in [-0.4, -0.2) is 40.3 Å². The zero-order chi connectivity index (χ0) is 17.0. The van der Waals surface area contributed by atoms with Gasteiger partial charge in [0.25, 0.3) is 0 Å². The van der Waals surface area contributed by atoms with Gasteiger partial charge in [0.1, 0.15) is 0 Å². The Balaban J connectivity index is 3.32. The van der Waals surface area contributed by atoms with Crippen LogP contribution in [0.15, 0.2) is 25.3 Å². The Bertz CT molecular complexity index is 386. The van der Waals surface area contributed by atoms with Crippen molar-refractivity contribution in [2.24, 2.45) is 5.92 Å². The van der Waals surface area contributed by atoms with Crippen molar-refractivity contribution in [3.63, 3.8) is 0 Å². The Kier molecular flexibility index (Phi) is 6.39. The fraction of sp³-hybridized carbons (Fsp3) is 0.778. The van der Waals surface area contributed by atoms with Crippen molar-refractivity contribution in [3.8, 4) is 0 Å². The van der Waals surface area contributed by atoms with Crippen LogP contribution in [-0.2, 0) is 9.47 Å².